The Balaban J connectivity index is 2.33. The van der Waals surface area contributed by atoms with E-state index in [1.54, 1.807) is 12.1 Å². The monoisotopic (exact) mass is 262 g/mol. The van der Waals surface area contributed by atoms with Gasteiger partial charge in [0.25, 0.3) is 5.69 Å². The van der Waals surface area contributed by atoms with Gasteiger partial charge in [0.05, 0.1) is 16.4 Å². The van der Waals surface area contributed by atoms with E-state index in [0.717, 1.165) is 0 Å². The summed E-state index contributed by atoms with van der Waals surface area (Å²) in [4.78, 5) is 10.3. The van der Waals surface area contributed by atoms with Crippen molar-refractivity contribution in [1.29, 1.82) is 5.26 Å². The zero-order valence-electron chi connectivity index (χ0n) is 10.8. The molecule has 0 atom stereocenters. The molecule has 0 saturated heterocycles. The zero-order chi connectivity index (χ0) is 14.1. The van der Waals surface area contributed by atoms with E-state index < -0.39 is 16.1 Å². The molecular weight excluding hydrogens is 248 g/mol. The molecule has 0 heterocycles. The molecule has 0 unspecified atom stereocenters. The number of non-ortho nitro benzene ring substituents is 1. The zero-order valence-corrected chi connectivity index (χ0v) is 10.8. The SMILES string of the molecule is COC1(OC)CC(C#N)(c2cccc([N+](=O)[O-])c2)C1. The van der Waals surface area contributed by atoms with Crippen molar-refractivity contribution < 1.29 is 14.4 Å². The van der Waals surface area contributed by atoms with E-state index in [9.17, 15) is 15.4 Å². The number of nitrogens with zero attached hydrogens (tertiary/aromatic N) is 2. The van der Waals surface area contributed by atoms with Crippen molar-refractivity contribution in [3.05, 3.63) is 39.9 Å². The number of nitro benzene ring substituents is 1. The van der Waals surface area contributed by atoms with Crippen molar-refractivity contribution >= 4 is 5.69 Å². The molecule has 6 nitrogen and oxygen atoms in total. The van der Waals surface area contributed by atoms with E-state index in [0.29, 0.717) is 18.4 Å². The van der Waals surface area contributed by atoms with Crippen molar-refractivity contribution in [1.82, 2.24) is 0 Å². The number of rotatable bonds is 4. The lowest BCUT2D eigenvalue weighted by Gasteiger charge is -2.50. The summed E-state index contributed by atoms with van der Waals surface area (Å²) in [6.07, 6.45) is 0.731. The second kappa shape index (κ2) is 4.61. The van der Waals surface area contributed by atoms with Gasteiger partial charge in [-0.2, -0.15) is 5.26 Å². The Bertz CT molecular complexity index is 538. The fraction of sp³-hybridized carbons (Fsp3) is 0.462. The number of ether oxygens (including phenoxy) is 2. The molecule has 1 aliphatic rings. The van der Waals surface area contributed by atoms with Gasteiger partial charge in [0.1, 0.15) is 0 Å². The Morgan fingerprint density at radius 3 is 2.47 bits per heavy atom. The first-order valence-electron chi connectivity index (χ1n) is 5.77. The molecule has 0 amide bonds. The van der Waals surface area contributed by atoms with Crippen LogP contribution in [0.25, 0.3) is 0 Å². The van der Waals surface area contributed by atoms with Gasteiger partial charge in [0.15, 0.2) is 5.79 Å². The average molecular weight is 262 g/mol. The van der Waals surface area contributed by atoms with E-state index in [1.807, 2.05) is 0 Å². The van der Waals surface area contributed by atoms with Gasteiger partial charge in [0.2, 0.25) is 0 Å². The quantitative estimate of drug-likeness (QED) is 0.471. The standard InChI is InChI=1S/C13H14N2O4/c1-18-13(19-2)7-12(8-13,9-14)10-4-3-5-11(6-10)15(16)17/h3-6H,7-8H2,1-2H3. The fourth-order valence-electron chi connectivity index (χ4n) is 2.50. The minimum Gasteiger partial charge on any atom is -0.353 e. The summed E-state index contributed by atoms with van der Waals surface area (Å²) in [7, 11) is 3.05. The third-order valence-corrected chi connectivity index (χ3v) is 3.71. The Morgan fingerprint density at radius 2 is 2.00 bits per heavy atom. The summed E-state index contributed by atoms with van der Waals surface area (Å²) in [5.41, 5.74) is -0.161. The molecule has 0 N–H and O–H groups in total. The molecule has 1 fully saturated rings. The molecule has 0 spiro atoms. The van der Waals surface area contributed by atoms with Crippen LogP contribution in [-0.4, -0.2) is 24.9 Å². The molecule has 0 aromatic heterocycles. The second-order valence-corrected chi connectivity index (χ2v) is 4.67. The summed E-state index contributed by atoms with van der Waals surface area (Å²) in [5, 5.41) is 20.2. The highest BCUT2D eigenvalue weighted by Crippen LogP contribution is 2.52. The van der Waals surface area contributed by atoms with Gasteiger partial charge in [0, 0.05) is 39.2 Å². The molecule has 1 aliphatic carbocycles. The maximum absolute atomic E-state index is 10.8. The summed E-state index contributed by atoms with van der Waals surface area (Å²) >= 11 is 0. The number of hydrogen-bond donors (Lipinski definition) is 0. The third-order valence-electron chi connectivity index (χ3n) is 3.71. The molecule has 1 saturated carbocycles. The number of nitro groups is 1. The van der Waals surface area contributed by atoms with Gasteiger partial charge in [-0.3, -0.25) is 10.1 Å². The van der Waals surface area contributed by atoms with Crippen molar-refractivity contribution in [2.24, 2.45) is 0 Å². The van der Waals surface area contributed by atoms with Crippen LogP contribution in [-0.2, 0) is 14.9 Å². The molecule has 100 valence electrons. The molecule has 19 heavy (non-hydrogen) atoms. The first-order valence-corrected chi connectivity index (χ1v) is 5.77. The van der Waals surface area contributed by atoms with Gasteiger partial charge in [-0.05, 0) is 5.56 Å². The number of nitriles is 1. The Morgan fingerprint density at radius 1 is 1.37 bits per heavy atom. The predicted molar refractivity (Wildman–Crippen MR) is 66.4 cm³/mol. The topological polar surface area (TPSA) is 85.4 Å². The summed E-state index contributed by atoms with van der Waals surface area (Å²) in [5.74, 6) is -0.764. The Hall–Kier alpha value is -1.97. The lowest BCUT2D eigenvalue weighted by atomic mass is 9.61. The summed E-state index contributed by atoms with van der Waals surface area (Å²) < 4.78 is 10.5. The van der Waals surface area contributed by atoms with Gasteiger partial charge in [-0.1, -0.05) is 12.1 Å². The maximum atomic E-state index is 10.8. The van der Waals surface area contributed by atoms with Crippen LogP contribution in [0.4, 0.5) is 5.69 Å². The second-order valence-electron chi connectivity index (χ2n) is 4.67. The van der Waals surface area contributed by atoms with Gasteiger partial charge < -0.3 is 9.47 Å². The summed E-state index contributed by atoms with van der Waals surface area (Å²) in [6, 6.07) is 8.41. The van der Waals surface area contributed by atoms with Gasteiger partial charge in [-0.15, -0.1) is 0 Å². The van der Waals surface area contributed by atoms with E-state index in [4.69, 9.17) is 9.47 Å². The average Bonchev–Trinajstić information content (AvgIpc) is 2.40. The number of methoxy groups -OCH3 is 2. The molecule has 2 rings (SSSR count). The normalized spacial score (nSPS) is 19.2. The Kier molecular flexibility index (Phi) is 3.27. The van der Waals surface area contributed by atoms with Gasteiger partial charge >= 0.3 is 0 Å². The fourth-order valence-corrected chi connectivity index (χ4v) is 2.50. The van der Waals surface area contributed by atoms with Crippen molar-refractivity contribution in [2.75, 3.05) is 14.2 Å². The maximum Gasteiger partial charge on any atom is 0.269 e. The first-order chi connectivity index (χ1) is 9.01. The third kappa shape index (κ3) is 2.07. The number of benzene rings is 1. The van der Waals surface area contributed by atoms with E-state index in [1.165, 1.54) is 26.4 Å². The highest BCUT2D eigenvalue weighted by atomic mass is 16.7. The summed E-state index contributed by atoms with van der Waals surface area (Å²) in [6.45, 7) is 0. The van der Waals surface area contributed by atoms with Crippen LogP contribution in [0, 0.1) is 21.4 Å². The van der Waals surface area contributed by atoms with Crippen LogP contribution in [0.2, 0.25) is 0 Å². The van der Waals surface area contributed by atoms with E-state index >= 15 is 0 Å². The van der Waals surface area contributed by atoms with Crippen molar-refractivity contribution in [2.45, 2.75) is 24.0 Å². The molecule has 0 aliphatic heterocycles. The lowest BCUT2D eigenvalue weighted by Crippen LogP contribution is -2.56. The largest absolute Gasteiger partial charge is 0.353 e. The molecule has 6 heteroatoms. The molecule has 0 radical (unpaired) electrons. The van der Waals surface area contributed by atoms with Crippen LogP contribution in [0.3, 0.4) is 0 Å². The highest BCUT2D eigenvalue weighted by molar-refractivity contribution is 5.44. The molecule has 0 bridgehead atoms. The number of hydrogen-bond acceptors (Lipinski definition) is 5. The van der Waals surface area contributed by atoms with Crippen LogP contribution in [0.5, 0.6) is 0 Å². The molecular formula is C13H14N2O4. The minimum atomic E-state index is -0.780. The van der Waals surface area contributed by atoms with Crippen LogP contribution in [0.1, 0.15) is 18.4 Å². The predicted octanol–water partition coefficient (Wildman–Crippen LogP) is 2.14. The van der Waals surface area contributed by atoms with Crippen LogP contribution >= 0.6 is 0 Å². The Labute approximate surface area is 110 Å². The first kappa shape index (κ1) is 13.5. The van der Waals surface area contributed by atoms with E-state index in [-0.39, 0.29) is 5.69 Å². The van der Waals surface area contributed by atoms with Crippen LogP contribution in [0.15, 0.2) is 24.3 Å². The minimum absolute atomic E-state index is 0.0144. The molecule has 1 aromatic carbocycles. The highest BCUT2D eigenvalue weighted by Gasteiger charge is 2.57. The van der Waals surface area contributed by atoms with Crippen molar-refractivity contribution in [3.63, 3.8) is 0 Å². The van der Waals surface area contributed by atoms with E-state index in [2.05, 4.69) is 6.07 Å². The van der Waals surface area contributed by atoms with Crippen LogP contribution < -0.4 is 0 Å². The molecule has 1 aromatic rings. The van der Waals surface area contributed by atoms with Gasteiger partial charge in [-0.25, -0.2) is 0 Å². The lowest BCUT2D eigenvalue weighted by molar-refractivity contribution is -0.385. The van der Waals surface area contributed by atoms with Crippen molar-refractivity contribution in [3.8, 4) is 6.07 Å². The smallest absolute Gasteiger partial charge is 0.269 e.